The zero-order valence-electron chi connectivity index (χ0n) is 22.8. The van der Waals surface area contributed by atoms with Crippen LogP contribution in [-0.2, 0) is 4.79 Å². The SMILES string of the molecule is C=C(F)C(=O)Nc1cc(Nc2ncc(C)c(-c3cnn4ccccc34)n2)c(OC(F)(F)F)cc1N(C)CCN(C)C. The molecule has 4 rings (SSSR count). The number of hydrogen-bond donors (Lipinski definition) is 2. The summed E-state index contributed by atoms with van der Waals surface area (Å²) in [6.45, 7) is 5.69. The Bertz CT molecular complexity index is 1590. The summed E-state index contributed by atoms with van der Waals surface area (Å²) in [5, 5.41) is 9.44. The minimum Gasteiger partial charge on any atom is -0.403 e. The number of fused-ring (bicyclic) bond motifs is 1. The van der Waals surface area contributed by atoms with Gasteiger partial charge in [-0.1, -0.05) is 12.6 Å². The number of nitrogens with zero attached hydrogens (tertiary/aromatic N) is 6. The van der Waals surface area contributed by atoms with Gasteiger partial charge in [0.1, 0.15) is 0 Å². The molecule has 0 fully saturated rings. The van der Waals surface area contributed by atoms with Gasteiger partial charge in [-0.05, 0) is 44.8 Å². The monoisotopic (exact) mass is 572 g/mol. The molecule has 0 bridgehead atoms. The standard InChI is InChI=1S/C27H28F4N8O2/c1-16-14-32-26(36-24(16)18-15-33-39-9-7-6-8-21(18)39)35-20-12-19(34-25(40)17(2)28)22(38(5)11-10-37(3)4)13-23(20)41-27(29,30)31/h6-9,12-15H,2,10-11H2,1,3-5H3,(H,34,40)(H,32,35,36). The van der Waals surface area contributed by atoms with Gasteiger partial charge in [-0.3, -0.25) is 4.79 Å². The number of amides is 1. The maximum absolute atomic E-state index is 13.6. The highest BCUT2D eigenvalue weighted by Gasteiger charge is 2.33. The summed E-state index contributed by atoms with van der Waals surface area (Å²) in [6, 6.07) is 7.81. The fraction of sp³-hybridized carbons (Fsp3) is 0.259. The number of carbonyl (C=O) groups is 1. The van der Waals surface area contributed by atoms with E-state index in [0.717, 1.165) is 11.6 Å². The van der Waals surface area contributed by atoms with Crippen molar-refractivity contribution < 1.29 is 27.1 Å². The summed E-state index contributed by atoms with van der Waals surface area (Å²) in [5.74, 6) is -3.07. The fourth-order valence-corrected chi connectivity index (χ4v) is 3.96. The first-order valence-corrected chi connectivity index (χ1v) is 12.3. The molecule has 1 amide bonds. The lowest BCUT2D eigenvalue weighted by Gasteiger charge is -2.26. The van der Waals surface area contributed by atoms with E-state index in [0.29, 0.717) is 29.9 Å². The summed E-state index contributed by atoms with van der Waals surface area (Å²) in [4.78, 5) is 24.4. The zero-order valence-corrected chi connectivity index (χ0v) is 22.8. The van der Waals surface area contributed by atoms with E-state index < -0.39 is 23.8 Å². The number of likely N-dealkylation sites (N-methyl/N-ethyl adjacent to an activating group) is 2. The predicted molar refractivity (Wildman–Crippen MR) is 148 cm³/mol. The molecule has 41 heavy (non-hydrogen) atoms. The van der Waals surface area contributed by atoms with Crippen molar-refractivity contribution in [3.8, 4) is 17.0 Å². The lowest BCUT2D eigenvalue weighted by molar-refractivity contribution is -0.274. The Hall–Kier alpha value is -4.72. The van der Waals surface area contributed by atoms with Gasteiger partial charge in [0.25, 0.3) is 5.91 Å². The minimum absolute atomic E-state index is 0.0158. The van der Waals surface area contributed by atoms with Crippen molar-refractivity contribution in [3.05, 3.63) is 66.9 Å². The van der Waals surface area contributed by atoms with Crippen LogP contribution >= 0.6 is 0 Å². The van der Waals surface area contributed by atoms with Gasteiger partial charge in [0, 0.05) is 44.2 Å². The zero-order chi connectivity index (χ0) is 29.9. The number of ether oxygens (including phenoxy) is 1. The predicted octanol–water partition coefficient (Wildman–Crippen LogP) is 5.16. The van der Waals surface area contributed by atoms with Gasteiger partial charge in [0.05, 0.1) is 34.5 Å². The van der Waals surface area contributed by atoms with Gasteiger partial charge in [0.15, 0.2) is 11.6 Å². The Morgan fingerprint density at radius 3 is 2.56 bits per heavy atom. The van der Waals surface area contributed by atoms with Gasteiger partial charge >= 0.3 is 6.36 Å². The third kappa shape index (κ3) is 7.08. The van der Waals surface area contributed by atoms with Gasteiger partial charge in [-0.25, -0.2) is 18.9 Å². The van der Waals surface area contributed by atoms with E-state index in [1.54, 1.807) is 35.8 Å². The molecule has 1 aromatic carbocycles. The molecule has 0 unspecified atom stereocenters. The topological polar surface area (TPSA) is 99.9 Å². The normalized spacial score (nSPS) is 11.5. The number of aryl methyl sites for hydroxylation is 1. The maximum Gasteiger partial charge on any atom is 0.573 e. The first-order valence-electron chi connectivity index (χ1n) is 12.3. The summed E-state index contributed by atoms with van der Waals surface area (Å²) in [5.41, 5.74) is 2.61. The number of benzene rings is 1. The molecule has 3 aromatic heterocycles. The summed E-state index contributed by atoms with van der Waals surface area (Å²) in [7, 11) is 5.28. The van der Waals surface area contributed by atoms with Crippen LogP contribution in [0.25, 0.3) is 16.8 Å². The average Bonchev–Trinajstić information content (AvgIpc) is 3.32. The lowest BCUT2D eigenvalue weighted by atomic mass is 10.1. The molecule has 0 saturated heterocycles. The van der Waals surface area contributed by atoms with E-state index in [2.05, 4.69) is 37.0 Å². The van der Waals surface area contributed by atoms with Gasteiger partial charge in [-0.15, -0.1) is 13.2 Å². The van der Waals surface area contributed by atoms with Crippen molar-refractivity contribution in [2.24, 2.45) is 0 Å². The van der Waals surface area contributed by atoms with E-state index in [4.69, 9.17) is 0 Å². The van der Waals surface area contributed by atoms with Crippen molar-refractivity contribution in [2.45, 2.75) is 13.3 Å². The van der Waals surface area contributed by atoms with Crippen LogP contribution < -0.4 is 20.3 Å². The lowest BCUT2D eigenvalue weighted by Crippen LogP contribution is -2.29. The molecule has 0 spiro atoms. The van der Waals surface area contributed by atoms with E-state index in [1.807, 2.05) is 37.2 Å². The number of aromatic nitrogens is 4. The highest BCUT2D eigenvalue weighted by Crippen LogP contribution is 2.40. The van der Waals surface area contributed by atoms with Crippen molar-refractivity contribution in [2.75, 3.05) is 49.8 Å². The molecule has 0 saturated carbocycles. The fourth-order valence-electron chi connectivity index (χ4n) is 3.96. The average molecular weight is 573 g/mol. The van der Waals surface area contributed by atoms with Crippen LogP contribution in [0.15, 0.2) is 61.3 Å². The Kier molecular flexibility index (Phi) is 8.42. The number of anilines is 4. The molecule has 4 aromatic rings. The van der Waals surface area contributed by atoms with Crippen molar-refractivity contribution in [1.29, 1.82) is 0 Å². The van der Waals surface area contributed by atoms with Gasteiger partial charge < -0.3 is 25.2 Å². The molecular weight excluding hydrogens is 544 g/mol. The van der Waals surface area contributed by atoms with E-state index in [-0.39, 0.29) is 23.0 Å². The Balaban J connectivity index is 1.80. The van der Waals surface area contributed by atoms with Crippen LogP contribution in [0.1, 0.15) is 5.56 Å². The molecule has 216 valence electrons. The summed E-state index contributed by atoms with van der Waals surface area (Å²) in [6.07, 6.45) is -0.123. The quantitative estimate of drug-likeness (QED) is 0.199. The van der Waals surface area contributed by atoms with Crippen LogP contribution in [0, 0.1) is 6.92 Å². The van der Waals surface area contributed by atoms with E-state index in [9.17, 15) is 22.4 Å². The number of pyridine rings is 1. The molecule has 10 nitrogen and oxygen atoms in total. The molecule has 2 N–H and O–H groups in total. The van der Waals surface area contributed by atoms with Gasteiger partial charge in [0.2, 0.25) is 5.95 Å². The first kappa shape index (κ1) is 29.3. The van der Waals surface area contributed by atoms with Crippen LogP contribution in [0.4, 0.5) is 40.6 Å². The number of carbonyl (C=O) groups excluding carboxylic acids is 1. The number of nitrogens with one attached hydrogen (secondary N) is 2. The Morgan fingerprint density at radius 2 is 1.88 bits per heavy atom. The van der Waals surface area contributed by atoms with Crippen LogP contribution in [0.2, 0.25) is 0 Å². The molecule has 0 aliphatic carbocycles. The van der Waals surface area contributed by atoms with Crippen LogP contribution in [-0.4, -0.2) is 71.0 Å². The van der Waals surface area contributed by atoms with Gasteiger partial charge in [-0.2, -0.15) is 5.10 Å². The number of hydrogen-bond acceptors (Lipinski definition) is 8. The molecular formula is C27H28F4N8O2. The molecule has 0 radical (unpaired) electrons. The number of halogens is 4. The second kappa shape index (κ2) is 11.8. The maximum atomic E-state index is 13.6. The number of alkyl halides is 3. The highest BCUT2D eigenvalue weighted by molar-refractivity contribution is 6.04. The first-order chi connectivity index (χ1) is 19.3. The third-order valence-corrected chi connectivity index (χ3v) is 6.01. The highest BCUT2D eigenvalue weighted by atomic mass is 19.4. The van der Waals surface area contributed by atoms with Crippen molar-refractivity contribution in [1.82, 2.24) is 24.5 Å². The molecule has 0 atom stereocenters. The molecule has 0 aliphatic heterocycles. The van der Waals surface area contributed by atoms with E-state index >= 15 is 0 Å². The second-order valence-corrected chi connectivity index (χ2v) is 9.44. The molecule has 0 aliphatic rings. The number of rotatable bonds is 10. The Labute approximate surface area is 233 Å². The van der Waals surface area contributed by atoms with Crippen LogP contribution in [0.3, 0.4) is 0 Å². The summed E-state index contributed by atoms with van der Waals surface area (Å²) >= 11 is 0. The largest absolute Gasteiger partial charge is 0.573 e. The molecule has 3 heterocycles. The van der Waals surface area contributed by atoms with E-state index in [1.165, 1.54) is 12.3 Å². The second-order valence-electron chi connectivity index (χ2n) is 9.44. The van der Waals surface area contributed by atoms with Crippen molar-refractivity contribution >= 4 is 34.4 Å². The smallest absolute Gasteiger partial charge is 0.403 e. The van der Waals surface area contributed by atoms with Crippen molar-refractivity contribution in [3.63, 3.8) is 0 Å². The summed E-state index contributed by atoms with van der Waals surface area (Å²) < 4.78 is 60.0. The van der Waals surface area contributed by atoms with Crippen LogP contribution in [0.5, 0.6) is 5.75 Å². The Morgan fingerprint density at radius 1 is 1.12 bits per heavy atom. The third-order valence-electron chi connectivity index (χ3n) is 6.01. The molecule has 14 heteroatoms. The minimum atomic E-state index is -5.04.